The van der Waals surface area contributed by atoms with Crippen LogP contribution in [-0.2, 0) is 11.3 Å². The summed E-state index contributed by atoms with van der Waals surface area (Å²) >= 11 is 1.69. The zero-order chi connectivity index (χ0) is 17.9. The first kappa shape index (κ1) is 17.6. The SMILES string of the molecule is O=C(O)CN(CC1CC1)C1CC(NCc2nc(-c3ccccc3)cs2)C1. The second-order valence-electron chi connectivity index (χ2n) is 7.46. The maximum Gasteiger partial charge on any atom is 0.317 e. The summed E-state index contributed by atoms with van der Waals surface area (Å²) in [4.78, 5) is 18.0. The quantitative estimate of drug-likeness (QED) is 0.708. The summed E-state index contributed by atoms with van der Waals surface area (Å²) < 4.78 is 0. The molecule has 1 heterocycles. The smallest absolute Gasteiger partial charge is 0.317 e. The number of carboxylic acids is 1. The number of nitrogens with one attached hydrogen (secondary N) is 1. The van der Waals surface area contributed by atoms with Crippen molar-refractivity contribution in [1.29, 1.82) is 0 Å². The number of nitrogens with zero attached hydrogens (tertiary/aromatic N) is 2. The third kappa shape index (κ3) is 4.50. The summed E-state index contributed by atoms with van der Waals surface area (Å²) in [6.45, 7) is 1.92. The molecule has 0 aliphatic heterocycles. The minimum atomic E-state index is -0.710. The molecule has 0 unspecified atom stereocenters. The second kappa shape index (κ2) is 7.86. The van der Waals surface area contributed by atoms with Crippen molar-refractivity contribution in [2.24, 2.45) is 5.92 Å². The van der Waals surface area contributed by atoms with Crippen molar-refractivity contribution in [3.63, 3.8) is 0 Å². The molecular weight excluding hydrogens is 346 g/mol. The minimum Gasteiger partial charge on any atom is -0.480 e. The first-order valence-electron chi connectivity index (χ1n) is 9.36. The van der Waals surface area contributed by atoms with E-state index in [0.29, 0.717) is 12.1 Å². The fourth-order valence-electron chi connectivity index (χ4n) is 3.57. The van der Waals surface area contributed by atoms with Crippen LogP contribution in [0.1, 0.15) is 30.7 Å². The fraction of sp³-hybridized carbons (Fsp3) is 0.500. The van der Waals surface area contributed by atoms with Gasteiger partial charge < -0.3 is 10.4 Å². The maximum atomic E-state index is 11.1. The first-order valence-corrected chi connectivity index (χ1v) is 10.2. The molecule has 138 valence electrons. The Balaban J connectivity index is 1.24. The molecule has 1 aromatic heterocycles. The number of carbonyl (C=O) groups is 1. The molecule has 2 aliphatic carbocycles. The van der Waals surface area contributed by atoms with E-state index in [-0.39, 0.29) is 6.54 Å². The van der Waals surface area contributed by atoms with Gasteiger partial charge in [0.1, 0.15) is 5.01 Å². The summed E-state index contributed by atoms with van der Waals surface area (Å²) in [5.74, 6) is 0.0198. The summed E-state index contributed by atoms with van der Waals surface area (Å²) in [5.41, 5.74) is 2.19. The van der Waals surface area contributed by atoms with E-state index >= 15 is 0 Å². The van der Waals surface area contributed by atoms with Crippen molar-refractivity contribution in [3.05, 3.63) is 40.7 Å². The largest absolute Gasteiger partial charge is 0.480 e. The Kier molecular flexibility index (Phi) is 5.33. The summed E-state index contributed by atoms with van der Waals surface area (Å²) in [5, 5.41) is 15.9. The van der Waals surface area contributed by atoms with Crippen LogP contribution in [0.5, 0.6) is 0 Å². The first-order chi connectivity index (χ1) is 12.7. The highest BCUT2D eigenvalue weighted by Gasteiger charge is 2.36. The Bertz CT molecular complexity index is 739. The predicted octanol–water partition coefficient (Wildman–Crippen LogP) is 3.23. The van der Waals surface area contributed by atoms with Crippen LogP contribution >= 0.6 is 11.3 Å². The Morgan fingerprint density at radius 1 is 1.27 bits per heavy atom. The molecule has 0 bridgehead atoms. The molecule has 0 amide bonds. The van der Waals surface area contributed by atoms with Crippen LogP contribution in [0.25, 0.3) is 11.3 Å². The molecule has 0 spiro atoms. The standard InChI is InChI=1S/C20H25N3O2S/c24-20(25)12-23(11-14-6-7-14)17-8-16(9-17)21-10-19-22-18(13-26-19)15-4-2-1-3-5-15/h1-5,13-14,16-17,21H,6-12H2,(H,24,25). The van der Waals surface area contributed by atoms with Crippen molar-refractivity contribution in [2.45, 2.75) is 44.3 Å². The van der Waals surface area contributed by atoms with Gasteiger partial charge in [-0.15, -0.1) is 11.3 Å². The number of thiazole rings is 1. The van der Waals surface area contributed by atoms with Gasteiger partial charge in [0.05, 0.1) is 12.2 Å². The van der Waals surface area contributed by atoms with Gasteiger partial charge >= 0.3 is 5.97 Å². The Labute approximate surface area is 158 Å². The molecule has 0 saturated heterocycles. The van der Waals surface area contributed by atoms with Gasteiger partial charge in [0.2, 0.25) is 0 Å². The maximum absolute atomic E-state index is 11.1. The van der Waals surface area contributed by atoms with Gasteiger partial charge in [-0.2, -0.15) is 0 Å². The third-order valence-electron chi connectivity index (χ3n) is 5.32. The molecule has 6 heteroatoms. The number of aromatic nitrogens is 1. The molecule has 0 atom stereocenters. The van der Waals surface area contributed by atoms with E-state index in [0.717, 1.165) is 48.1 Å². The summed E-state index contributed by atoms with van der Waals surface area (Å²) in [6.07, 6.45) is 4.60. The lowest BCUT2D eigenvalue weighted by molar-refractivity contribution is -0.139. The lowest BCUT2D eigenvalue weighted by atomic mass is 9.85. The Morgan fingerprint density at radius 2 is 2.04 bits per heavy atom. The zero-order valence-corrected chi connectivity index (χ0v) is 15.6. The third-order valence-corrected chi connectivity index (χ3v) is 6.17. The van der Waals surface area contributed by atoms with E-state index in [1.54, 1.807) is 11.3 Å². The molecule has 2 fully saturated rings. The van der Waals surface area contributed by atoms with Crippen molar-refractivity contribution >= 4 is 17.3 Å². The predicted molar refractivity (Wildman–Crippen MR) is 103 cm³/mol. The van der Waals surface area contributed by atoms with Crippen LogP contribution in [-0.4, -0.2) is 46.1 Å². The molecule has 0 radical (unpaired) electrons. The molecule has 2 aliphatic rings. The fourth-order valence-corrected chi connectivity index (χ4v) is 4.32. The molecule has 26 heavy (non-hydrogen) atoms. The molecule has 1 aromatic carbocycles. The number of hydrogen-bond donors (Lipinski definition) is 2. The van der Waals surface area contributed by atoms with Gasteiger partial charge in [0.25, 0.3) is 0 Å². The zero-order valence-electron chi connectivity index (χ0n) is 14.8. The van der Waals surface area contributed by atoms with E-state index in [4.69, 9.17) is 10.1 Å². The van der Waals surface area contributed by atoms with E-state index in [1.807, 2.05) is 18.2 Å². The molecule has 2 N–H and O–H groups in total. The Hall–Kier alpha value is -1.76. The number of carboxylic acid groups (broad SMARTS) is 1. The molecular formula is C20H25N3O2S. The van der Waals surface area contributed by atoms with Gasteiger partial charge in [-0.3, -0.25) is 9.69 Å². The van der Waals surface area contributed by atoms with Crippen molar-refractivity contribution in [2.75, 3.05) is 13.1 Å². The van der Waals surface area contributed by atoms with Crippen LogP contribution in [0.2, 0.25) is 0 Å². The van der Waals surface area contributed by atoms with Gasteiger partial charge in [-0.05, 0) is 31.6 Å². The van der Waals surface area contributed by atoms with E-state index in [1.165, 1.54) is 12.8 Å². The monoisotopic (exact) mass is 371 g/mol. The van der Waals surface area contributed by atoms with Crippen molar-refractivity contribution in [1.82, 2.24) is 15.2 Å². The summed E-state index contributed by atoms with van der Waals surface area (Å²) in [7, 11) is 0. The van der Waals surface area contributed by atoms with Crippen LogP contribution in [0.15, 0.2) is 35.7 Å². The van der Waals surface area contributed by atoms with E-state index in [2.05, 4.69) is 27.7 Å². The molecule has 5 nitrogen and oxygen atoms in total. The van der Waals surface area contributed by atoms with Crippen LogP contribution in [0.3, 0.4) is 0 Å². The minimum absolute atomic E-state index is 0.181. The van der Waals surface area contributed by atoms with Crippen molar-refractivity contribution < 1.29 is 9.90 Å². The van der Waals surface area contributed by atoms with Crippen molar-refractivity contribution in [3.8, 4) is 11.3 Å². The number of rotatable bonds is 9. The normalized spacial score (nSPS) is 22.3. The van der Waals surface area contributed by atoms with E-state index in [9.17, 15) is 4.79 Å². The highest BCUT2D eigenvalue weighted by atomic mass is 32.1. The topological polar surface area (TPSA) is 65.5 Å². The van der Waals surface area contributed by atoms with Crippen LogP contribution in [0.4, 0.5) is 0 Å². The molecule has 2 saturated carbocycles. The van der Waals surface area contributed by atoms with Crippen LogP contribution in [0, 0.1) is 5.92 Å². The Morgan fingerprint density at radius 3 is 2.73 bits per heavy atom. The van der Waals surface area contributed by atoms with E-state index < -0.39 is 5.97 Å². The molecule has 2 aromatic rings. The lowest BCUT2D eigenvalue weighted by Gasteiger charge is -2.42. The van der Waals surface area contributed by atoms with Crippen LogP contribution < -0.4 is 5.32 Å². The average molecular weight is 372 g/mol. The highest BCUT2D eigenvalue weighted by Crippen LogP contribution is 2.34. The van der Waals surface area contributed by atoms with Gasteiger partial charge in [-0.25, -0.2) is 4.98 Å². The highest BCUT2D eigenvalue weighted by molar-refractivity contribution is 7.09. The second-order valence-corrected chi connectivity index (χ2v) is 8.40. The molecule has 4 rings (SSSR count). The number of aliphatic carboxylic acids is 1. The average Bonchev–Trinajstić information content (AvgIpc) is 3.28. The number of benzene rings is 1. The van der Waals surface area contributed by atoms with Gasteiger partial charge in [0.15, 0.2) is 0 Å². The lowest BCUT2D eigenvalue weighted by Crippen LogP contribution is -2.54. The van der Waals surface area contributed by atoms with Gasteiger partial charge in [-0.1, -0.05) is 30.3 Å². The number of hydrogen-bond acceptors (Lipinski definition) is 5. The van der Waals surface area contributed by atoms with Gasteiger partial charge in [0, 0.05) is 36.1 Å². The summed E-state index contributed by atoms with van der Waals surface area (Å²) in [6, 6.07) is 11.1.